The van der Waals surface area contributed by atoms with Gasteiger partial charge in [-0.25, -0.2) is 0 Å². The molecule has 25 heavy (non-hydrogen) atoms. The van der Waals surface area contributed by atoms with Gasteiger partial charge in [0.15, 0.2) is 0 Å². The first-order chi connectivity index (χ1) is 12.0. The zero-order valence-electron chi connectivity index (χ0n) is 15.5. The number of rotatable bonds is 5. The summed E-state index contributed by atoms with van der Waals surface area (Å²) in [7, 11) is 3.31. The van der Waals surface area contributed by atoms with E-state index in [0.29, 0.717) is 0 Å². The lowest BCUT2D eigenvalue weighted by Crippen LogP contribution is -2.16. The lowest BCUT2D eigenvalue weighted by Gasteiger charge is -2.22. The molecule has 0 saturated heterocycles. The van der Waals surface area contributed by atoms with Gasteiger partial charge < -0.3 is 14.8 Å². The largest absolute Gasteiger partial charge is 0.497 e. The molecule has 0 bridgehead atoms. The van der Waals surface area contributed by atoms with Crippen LogP contribution in [-0.4, -0.2) is 14.2 Å². The summed E-state index contributed by atoms with van der Waals surface area (Å²) in [5, 5.41) is 3.33. The van der Waals surface area contributed by atoms with E-state index >= 15 is 0 Å². The van der Waals surface area contributed by atoms with Crippen LogP contribution in [0.15, 0.2) is 60.3 Å². The summed E-state index contributed by atoms with van der Waals surface area (Å²) in [6, 6.07) is 14.4. The molecule has 0 fully saturated rings. The maximum atomic E-state index is 5.43. The second-order valence-corrected chi connectivity index (χ2v) is 6.75. The monoisotopic (exact) mass is 335 g/mol. The molecule has 0 heterocycles. The highest BCUT2D eigenvalue weighted by molar-refractivity contribution is 5.81. The Morgan fingerprint density at radius 1 is 1.00 bits per heavy atom. The summed E-state index contributed by atoms with van der Waals surface area (Å²) < 4.78 is 10.7. The minimum atomic E-state index is 0.00283. The molecule has 0 atom stereocenters. The van der Waals surface area contributed by atoms with Crippen molar-refractivity contribution in [2.45, 2.75) is 26.2 Å². The molecule has 3 nitrogen and oxygen atoms in total. The zero-order valence-corrected chi connectivity index (χ0v) is 15.5. The van der Waals surface area contributed by atoms with Crippen molar-refractivity contribution in [2.24, 2.45) is 0 Å². The number of anilines is 1. The summed E-state index contributed by atoms with van der Waals surface area (Å²) in [6.45, 7) is 6.74. The lowest BCUT2D eigenvalue weighted by molar-refractivity contribution is 0.395. The molecule has 1 N–H and O–H groups in total. The first-order valence-corrected chi connectivity index (χ1v) is 8.45. The Balaban J connectivity index is 1.85. The van der Waals surface area contributed by atoms with E-state index in [1.165, 1.54) is 22.3 Å². The van der Waals surface area contributed by atoms with Crippen molar-refractivity contribution in [3.05, 3.63) is 71.4 Å². The Hall–Kier alpha value is -2.68. The number of benzene rings is 2. The number of methoxy groups -OCH3 is 2. The number of hydrogen-bond donors (Lipinski definition) is 1. The second kappa shape index (κ2) is 6.67. The number of allylic oxidation sites excluding steroid dienone is 3. The zero-order chi connectivity index (χ0) is 18.0. The van der Waals surface area contributed by atoms with Gasteiger partial charge in [-0.1, -0.05) is 38.1 Å². The third-order valence-electron chi connectivity index (χ3n) is 4.98. The third kappa shape index (κ3) is 3.02. The third-order valence-corrected chi connectivity index (χ3v) is 4.98. The summed E-state index contributed by atoms with van der Waals surface area (Å²) in [6.07, 6.45) is 4.15. The Kier molecular flexibility index (Phi) is 4.58. The van der Waals surface area contributed by atoms with E-state index in [1.807, 2.05) is 24.4 Å². The van der Waals surface area contributed by atoms with Crippen LogP contribution in [0.2, 0.25) is 0 Å². The van der Waals surface area contributed by atoms with E-state index in [0.717, 1.165) is 17.2 Å². The number of hydrogen-bond acceptors (Lipinski definition) is 3. The molecule has 0 amide bonds. The fourth-order valence-corrected chi connectivity index (χ4v) is 3.58. The van der Waals surface area contributed by atoms with Gasteiger partial charge in [0.1, 0.15) is 11.5 Å². The SMILES string of the molecule is COc1ccc(N/C=C/C2=C(C)c3ccccc3C2(C)C)c(OC)c1. The topological polar surface area (TPSA) is 30.5 Å². The summed E-state index contributed by atoms with van der Waals surface area (Å²) in [5.41, 5.74) is 6.30. The minimum absolute atomic E-state index is 0.00283. The van der Waals surface area contributed by atoms with Gasteiger partial charge in [-0.05, 0) is 47.4 Å². The molecule has 0 unspecified atom stereocenters. The molecule has 2 aromatic carbocycles. The highest BCUT2D eigenvalue weighted by atomic mass is 16.5. The van der Waals surface area contributed by atoms with Crippen LogP contribution in [0.1, 0.15) is 31.9 Å². The van der Waals surface area contributed by atoms with Gasteiger partial charge in [0, 0.05) is 17.7 Å². The molecule has 3 heteroatoms. The first-order valence-electron chi connectivity index (χ1n) is 8.45. The highest BCUT2D eigenvalue weighted by Crippen LogP contribution is 2.46. The van der Waals surface area contributed by atoms with Crippen LogP contribution in [0.5, 0.6) is 11.5 Å². The van der Waals surface area contributed by atoms with Gasteiger partial charge in [-0.3, -0.25) is 0 Å². The van der Waals surface area contributed by atoms with E-state index in [9.17, 15) is 0 Å². The molecule has 130 valence electrons. The Labute approximate surface area is 150 Å². The van der Waals surface area contributed by atoms with Crippen LogP contribution in [0.4, 0.5) is 5.69 Å². The van der Waals surface area contributed by atoms with E-state index < -0.39 is 0 Å². The van der Waals surface area contributed by atoms with Crippen molar-refractivity contribution < 1.29 is 9.47 Å². The van der Waals surface area contributed by atoms with Gasteiger partial charge >= 0.3 is 0 Å². The van der Waals surface area contributed by atoms with Gasteiger partial charge in [-0.2, -0.15) is 0 Å². The maximum absolute atomic E-state index is 5.43. The molecule has 1 aliphatic rings. The van der Waals surface area contributed by atoms with Crippen molar-refractivity contribution >= 4 is 11.3 Å². The predicted octanol–water partition coefficient (Wildman–Crippen LogP) is 5.39. The van der Waals surface area contributed by atoms with E-state index in [4.69, 9.17) is 9.47 Å². The molecule has 0 aliphatic heterocycles. The summed E-state index contributed by atoms with van der Waals surface area (Å²) in [5.74, 6) is 1.53. The van der Waals surface area contributed by atoms with Crippen molar-refractivity contribution in [1.29, 1.82) is 0 Å². The number of ether oxygens (including phenoxy) is 2. The standard InChI is InChI=1S/C22H25NO2/c1-15-17-8-6-7-9-19(17)22(2,3)18(15)12-13-23-20-11-10-16(24-4)14-21(20)25-5/h6-14,23H,1-5H3/b13-12+. The second-order valence-electron chi connectivity index (χ2n) is 6.75. The molecule has 0 aromatic heterocycles. The Bertz CT molecular complexity index is 847. The normalized spacial score (nSPS) is 15.4. The Morgan fingerprint density at radius 3 is 2.44 bits per heavy atom. The maximum Gasteiger partial charge on any atom is 0.145 e. The first kappa shape index (κ1) is 17.2. The molecule has 1 aliphatic carbocycles. The molecule has 0 saturated carbocycles. The lowest BCUT2D eigenvalue weighted by atomic mass is 9.81. The van der Waals surface area contributed by atoms with Crippen molar-refractivity contribution in [2.75, 3.05) is 19.5 Å². The van der Waals surface area contributed by atoms with Crippen LogP contribution in [0.25, 0.3) is 5.57 Å². The molecule has 0 radical (unpaired) electrons. The van der Waals surface area contributed by atoms with Crippen LogP contribution in [0, 0.1) is 0 Å². The van der Waals surface area contributed by atoms with E-state index in [2.05, 4.69) is 56.4 Å². The minimum Gasteiger partial charge on any atom is -0.497 e. The quantitative estimate of drug-likeness (QED) is 0.794. The van der Waals surface area contributed by atoms with Crippen molar-refractivity contribution in [3.8, 4) is 11.5 Å². The highest BCUT2D eigenvalue weighted by Gasteiger charge is 2.34. The summed E-state index contributed by atoms with van der Waals surface area (Å²) >= 11 is 0. The summed E-state index contributed by atoms with van der Waals surface area (Å²) in [4.78, 5) is 0. The van der Waals surface area contributed by atoms with Gasteiger partial charge in [0.25, 0.3) is 0 Å². The molecular weight excluding hydrogens is 310 g/mol. The van der Waals surface area contributed by atoms with Gasteiger partial charge in [0.05, 0.1) is 19.9 Å². The molecule has 3 rings (SSSR count). The van der Waals surface area contributed by atoms with E-state index in [-0.39, 0.29) is 5.41 Å². The average Bonchev–Trinajstić information content (AvgIpc) is 2.82. The Morgan fingerprint density at radius 2 is 1.76 bits per heavy atom. The van der Waals surface area contributed by atoms with Crippen LogP contribution in [0.3, 0.4) is 0 Å². The van der Waals surface area contributed by atoms with E-state index in [1.54, 1.807) is 14.2 Å². The molecule has 0 spiro atoms. The molecule has 2 aromatic rings. The average molecular weight is 335 g/mol. The fourth-order valence-electron chi connectivity index (χ4n) is 3.58. The molecular formula is C22H25NO2. The van der Waals surface area contributed by atoms with Crippen LogP contribution in [-0.2, 0) is 5.41 Å². The predicted molar refractivity (Wildman–Crippen MR) is 104 cm³/mol. The smallest absolute Gasteiger partial charge is 0.145 e. The van der Waals surface area contributed by atoms with Crippen LogP contribution >= 0.6 is 0 Å². The van der Waals surface area contributed by atoms with Crippen molar-refractivity contribution in [1.82, 2.24) is 0 Å². The van der Waals surface area contributed by atoms with Crippen molar-refractivity contribution in [3.63, 3.8) is 0 Å². The van der Waals surface area contributed by atoms with Gasteiger partial charge in [0.2, 0.25) is 0 Å². The fraction of sp³-hybridized carbons (Fsp3) is 0.273. The van der Waals surface area contributed by atoms with Crippen LogP contribution < -0.4 is 14.8 Å². The number of nitrogens with one attached hydrogen (secondary N) is 1. The number of fused-ring (bicyclic) bond motifs is 1. The van der Waals surface area contributed by atoms with Gasteiger partial charge in [-0.15, -0.1) is 0 Å².